The second-order valence-corrected chi connectivity index (χ2v) is 15.8. The number of hydrogen-bond acceptors (Lipinski definition) is 3. The maximum atomic E-state index is 5.36. The van der Waals surface area contributed by atoms with Gasteiger partial charge in [-0.3, -0.25) is 0 Å². The molecule has 0 atom stereocenters. The van der Waals surface area contributed by atoms with E-state index in [0.717, 1.165) is 38.4 Å². The van der Waals surface area contributed by atoms with Crippen LogP contribution in [0.1, 0.15) is 22.3 Å². The third-order valence-electron chi connectivity index (χ3n) is 12.6. The molecule has 0 radical (unpaired) electrons. The standard InChI is InChI=1S/C58H37N3/c1-5-20-38(21-6-1)55-59-56(39-22-7-2-8-23-39)61-57(60-55)50-37-40(36-49-46-30-14-13-28-44(46)45-29-15-16-31-47(45)53(49)50)43-33-19-35-52-54(43)48-32-17-18-34-51(48)58(52,41-24-9-3-10-25-41)42-26-11-4-12-27-42/h1-37H. The summed E-state index contributed by atoms with van der Waals surface area (Å²) in [6, 6.07) is 80.7. The lowest BCUT2D eigenvalue weighted by Crippen LogP contribution is -2.28. The van der Waals surface area contributed by atoms with Gasteiger partial charge in [0.15, 0.2) is 17.5 Å². The van der Waals surface area contributed by atoms with Crippen LogP contribution in [0.5, 0.6) is 0 Å². The zero-order valence-electron chi connectivity index (χ0n) is 33.2. The monoisotopic (exact) mass is 775 g/mol. The van der Waals surface area contributed by atoms with Crippen LogP contribution in [0.15, 0.2) is 224 Å². The smallest absolute Gasteiger partial charge is 0.164 e. The molecule has 12 rings (SSSR count). The lowest BCUT2D eigenvalue weighted by Gasteiger charge is -2.34. The molecule has 0 spiro atoms. The van der Waals surface area contributed by atoms with E-state index in [4.69, 9.17) is 15.0 Å². The Bertz CT molecular complexity index is 3360. The lowest BCUT2D eigenvalue weighted by molar-refractivity contribution is 0.768. The average molecular weight is 776 g/mol. The molecular formula is C58H37N3. The van der Waals surface area contributed by atoms with E-state index in [9.17, 15) is 0 Å². The third-order valence-corrected chi connectivity index (χ3v) is 12.6. The summed E-state index contributed by atoms with van der Waals surface area (Å²) >= 11 is 0. The number of aromatic nitrogens is 3. The Morgan fingerprint density at radius 3 is 1.33 bits per heavy atom. The van der Waals surface area contributed by atoms with Gasteiger partial charge in [-0.05, 0) is 83.6 Å². The minimum Gasteiger partial charge on any atom is -0.208 e. The number of rotatable bonds is 6. The minimum absolute atomic E-state index is 0.517. The molecule has 284 valence electrons. The van der Waals surface area contributed by atoms with E-state index in [2.05, 4.69) is 188 Å². The van der Waals surface area contributed by atoms with Crippen molar-refractivity contribution in [3.8, 4) is 56.4 Å². The van der Waals surface area contributed by atoms with Crippen LogP contribution in [-0.2, 0) is 5.41 Å². The van der Waals surface area contributed by atoms with Crippen molar-refractivity contribution < 1.29 is 0 Å². The molecule has 61 heavy (non-hydrogen) atoms. The Labute approximate surface area is 354 Å². The van der Waals surface area contributed by atoms with Crippen molar-refractivity contribution in [2.24, 2.45) is 0 Å². The van der Waals surface area contributed by atoms with Crippen LogP contribution in [0.3, 0.4) is 0 Å². The molecule has 0 saturated heterocycles. The second-order valence-electron chi connectivity index (χ2n) is 15.8. The highest BCUT2D eigenvalue weighted by atomic mass is 15.0. The summed E-state index contributed by atoms with van der Waals surface area (Å²) in [4.78, 5) is 15.8. The summed E-state index contributed by atoms with van der Waals surface area (Å²) in [5.74, 6) is 1.91. The molecule has 3 heteroatoms. The SMILES string of the molecule is c1ccc(-c2nc(-c3ccccc3)nc(-c3cc(-c4cccc5c4-c4ccccc4C5(c4ccccc4)c4ccccc4)cc4c5ccccc5c5ccccc5c34)n2)cc1. The zero-order chi connectivity index (χ0) is 40.3. The molecule has 0 saturated carbocycles. The van der Waals surface area contributed by atoms with Gasteiger partial charge >= 0.3 is 0 Å². The maximum Gasteiger partial charge on any atom is 0.164 e. The zero-order valence-corrected chi connectivity index (χ0v) is 33.2. The van der Waals surface area contributed by atoms with Gasteiger partial charge in [0, 0.05) is 22.1 Å². The van der Waals surface area contributed by atoms with E-state index < -0.39 is 5.41 Å². The highest BCUT2D eigenvalue weighted by Gasteiger charge is 2.46. The molecule has 11 aromatic rings. The number of fused-ring (bicyclic) bond motifs is 9. The molecule has 10 aromatic carbocycles. The topological polar surface area (TPSA) is 38.7 Å². The van der Waals surface area contributed by atoms with Crippen molar-refractivity contribution in [3.63, 3.8) is 0 Å². The third kappa shape index (κ3) is 5.41. The van der Waals surface area contributed by atoms with Crippen LogP contribution in [0.25, 0.3) is 88.7 Å². The molecule has 0 unspecified atom stereocenters. The summed E-state index contributed by atoms with van der Waals surface area (Å²) in [6.45, 7) is 0. The van der Waals surface area contributed by atoms with Gasteiger partial charge in [0.1, 0.15) is 0 Å². The molecule has 1 aliphatic carbocycles. The molecule has 0 aliphatic heterocycles. The highest BCUT2D eigenvalue weighted by molar-refractivity contribution is 6.29. The summed E-state index contributed by atoms with van der Waals surface area (Å²) in [7, 11) is 0. The van der Waals surface area contributed by atoms with Gasteiger partial charge in [-0.1, -0.05) is 212 Å². The Morgan fingerprint density at radius 1 is 0.279 bits per heavy atom. The van der Waals surface area contributed by atoms with Crippen molar-refractivity contribution in [2.45, 2.75) is 5.41 Å². The van der Waals surface area contributed by atoms with Gasteiger partial charge in [-0.15, -0.1) is 0 Å². The van der Waals surface area contributed by atoms with Crippen molar-refractivity contribution in [3.05, 3.63) is 247 Å². The van der Waals surface area contributed by atoms with E-state index >= 15 is 0 Å². The van der Waals surface area contributed by atoms with Gasteiger partial charge in [0.2, 0.25) is 0 Å². The number of benzene rings is 10. The van der Waals surface area contributed by atoms with Gasteiger partial charge in [-0.25, -0.2) is 15.0 Å². The molecule has 0 N–H and O–H groups in total. The van der Waals surface area contributed by atoms with Crippen LogP contribution in [0.2, 0.25) is 0 Å². The molecule has 3 nitrogen and oxygen atoms in total. The lowest BCUT2D eigenvalue weighted by atomic mass is 9.67. The molecule has 1 heterocycles. The predicted octanol–water partition coefficient (Wildman–Crippen LogP) is 14.4. The number of hydrogen-bond donors (Lipinski definition) is 0. The first kappa shape index (κ1) is 35.0. The van der Waals surface area contributed by atoms with E-state index in [1.165, 1.54) is 55.1 Å². The first-order valence-electron chi connectivity index (χ1n) is 20.9. The van der Waals surface area contributed by atoms with E-state index in [1.54, 1.807) is 0 Å². The predicted molar refractivity (Wildman–Crippen MR) is 251 cm³/mol. The van der Waals surface area contributed by atoms with E-state index in [0.29, 0.717) is 17.5 Å². The van der Waals surface area contributed by atoms with Gasteiger partial charge < -0.3 is 0 Å². The molecule has 1 aliphatic rings. The van der Waals surface area contributed by atoms with E-state index in [1.807, 2.05) is 36.4 Å². The fourth-order valence-corrected chi connectivity index (χ4v) is 10.0. The summed E-state index contributed by atoms with van der Waals surface area (Å²) < 4.78 is 0. The Balaban J connectivity index is 1.22. The first-order valence-corrected chi connectivity index (χ1v) is 20.9. The normalized spacial score (nSPS) is 12.7. The van der Waals surface area contributed by atoms with Crippen LogP contribution in [0.4, 0.5) is 0 Å². The van der Waals surface area contributed by atoms with Crippen molar-refractivity contribution in [1.82, 2.24) is 15.0 Å². The molecule has 1 aromatic heterocycles. The van der Waals surface area contributed by atoms with Crippen LogP contribution in [0, 0.1) is 0 Å². The molecular weight excluding hydrogens is 739 g/mol. The Hall–Kier alpha value is -8.01. The largest absolute Gasteiger partial charge is 0.208 e. The number of nitrogens with zero attached hydrogens (tertiary/aromatic N) is 3. The maximum absolute atomic E-state index is 5.36. The molecule has 0 bridgehead atoms. The van der Waals surface area contributed by atoms with Crippen LogP contribution >= 0.6 is 0 Å². The van der Waals surface area contributed by atoms with Crippen LogP contribution in [-0.4, -0.2) is 15.0 Å². The Morgan fingerprint density at radius 2 is 0.721 bits per heavy atom. The van der Waals surface area contributed by atoms with E-state index in [-0.39, 0.29) is 0 Å². The van der Waals surface area contributed by atoms with Gasteiger partial charge in [-0.2, -0.15) is 0 Å². The fraction of sp³-hybridized carbons (Fsp3) is 0.0172. The van der Waals surface area contributed by atoms with Crippen molar-refractivity contribution in [2.75, 3.05) is 0 Å². The van der Waals surface area contributed by atoms with Crippen molar-refractivity contribution in [1.29, 1.82) is 0 Å². The summed E-state index contributed by atoms with van der Waals surface area (Å²) in [6.07, 6.45) is 0. The minimum atomic E-state index is -0.517. The van der Waals surface area contributed by atoms with Crippen LogP contribution < -0.4 is 0 Å². The highest BCUT2D eigenvalue weighted by Crippen LogP contribution is 2.58. The molecule has 0 fully saturated rings. The fourth-order valence-electron chi connectivity index (χ4n) is 10.0. The second kappa shape index (κ2) is 14.1. The first-order chi connectivity index (χ1) is 30.3. The van der Waals surface area contributed by atoms with Crippen molar-refractivity contribution >= 4 is 32.3 Å². The van der Waals surface area contributed by atoms with Gasteiger partial charge in [0.05, 0.1) is 5.41 Å². The summed E-state index contributed by atoms with van der Waals surface area (Å²) in [5.41, 5.74) is 12.1. The summed E-state index contributed by atoms with van der Waals surface area (Å²) in [5, 5.41) is 7.05. The Kier molecular flexibility index (Phi) is 8.07. The quantitative estimate of drug-likeness (QED) is 0.158. The van der Waals surface area contributed by atoms with Gasteiger partial charge in [0.25, 0.3) is 0 Å². The average Bonchev–Trinajstić information content (AvgIpc) is 3.66. The molecule has 0 amide bonds.